The third-order valence-corrected chi connectivity index (χ3v) is 7.30. The maximum absolute atomic E-state index is 12.9. The molecule has 8 nitrogen and oxygen atoms in total. The van der Waals surface area contributed by atoms with E-state index >= 15 is 0 Å². The number of carbonyl (C=O) groups is 2. The summed E-state index contributed by atoms with van der Waals surface area (Å²) in [6.07, 6.45) is 0.128. The van der Waals surface area contributed by atoms with Gasteiger partial charge in [0.15, 0.2) is 0 Å². The average Bonchev–Trinajstić information content (AvgIpc) is 2.90. The van der Waals surface area contributed by atoms with Crippen molar-refractivity contribution in [2.75, 3.05) is 43.0 Å². The number of amides is 1. The van der Waals surface area contributed by atoms with Crippen LogP contribution in [-0.2, 0) is 15.9 Å². The number of piperazine rings is 1. The highest BCUT2D eigenvalue weighted by Gasteiger charge is 2.26. The monoisotopic (exact) mass is 598 g/mol. The molecule has 1 saturated heterocycles. The molecule has 3 aromatic rings. The summed E-state index contributed by atoms with van der Waals surface area (Å²) in [7, 11) is 0. The van der Waals surface area contributed by atoms with Gasteiger partial charge in [0.1, 0.15) is 11.2 Å². The lowest BCUT2D eigenvalue weighted by Crippen LogP contribution is -2.50. The zero-order valence-electron chi connectivity index (χ0n) is 24.1. The number of ether oxygens (including phenoxy) is 2. The number of halogens is 2. The second kappa shape index (κ2) is 13.0. The van der Waals surface area contributed by atoms with Crippen LogP contribution in [0.15, 0.2) is 48.5 Å². The molecule has 2 aromatic carbocycles. The van der Waals surface area contributed by atoms with Gasteiger partial charge in [-0.15, -0.1) is 0 Å². The third kappa shape index (κ3) is 7.83. The minimum Gasteiger partial charge on any atom is -0.462 e. The molecule has 0 aliphatic carbocycles. The minimum atomic E-state index is -0.514. The Bertz CT molecular complexity index is 1380. The summed E-state index contributed by atoms with van der Waals surface area (Å²) in [4.78, 5) is 33.9. The van der Waals surface area contributed by atoms with Crippen LogP contribution in [0.5, 0.6) is 0 Å². The van der Waals surface area contributed by atoms with Crippen LogP contribution < -0.4 is 10.2 Å². The van der Waals surface area contributed by atoms with Crippen molar-refractivity contribution in [3.05, 3.63) is 81.1 Å². The number of anilines is 3. The summed E-state index contributed by atoms with van der Waals surface area (Å²) >= 11 is 12.8. The van der Waals surface area contributed by atoms with Crippen molar-refractivity contribution in [3.63, 3.8) is 0 Å². The molecule has 1 fully saturated rings. The molecule has 2 heterocycles. The van der Waals surface area contributed by atoms with E-state index in [4.69, 9.17) is 32.7 Å². The third-order valence-electron chi connectivity index (χ3n) is 6.60. The van der Waals surface area contributed by atoms with E-state index in [2.05, 4.69) is 15.2 Å². The standard InChI is InChI=1S/C31H36Cl2N4O4/c1-6-40-29(38)28-20(2)34-22(18-24-25(32)8-7-9-26(24)33)19-27(28)35-21-10-12-23(13-11-21)36-14-16-37(17-15-36)30(39)41-31(3,4)5/h7-13,19H,6,14-18H2,1-5H3,(H,34,35). The van der Waals surface area contributed by atoms with Crippen molar-refractivity contribution in [1.82, 2.24) is 9.88 Å². The number of aromatic nitrogens is 1. The molecule has 0 atom stereocenters. The van der Waals surface area contributed by atoms with Crippen LogP contribution in [0.3, 0.4) is 0 Å². The average molecular weight is 600 g/mol. The van der Waals surface area contributed by atoms with Crippen LogP contribution in [0.1, 0.15) is 55.0 Å². The van der Waals surface area contributed by atoms with Crippen LogP contribution >= 0.6 is 23.2 Å². The molecule has 1 aliphatic rings. The summed E-state index contributed by atoms with van der Waals surface area (Å²) in [5.41, 5.74) is 4.34. The topological polar surface area (TPSA) is 84.0 Å². The normalized spacial score (nSPS) is 13.6. The van der Waals surface area contributed by atoms with Gasteiger partial charge in [-0.1, -0.05) is 29.3 Å². The van der Waals surface area contributed by atoms with E-state index in [1.54, 1.807) is 36.9 Å². The number of benzene rings is 2. The molecule has 0 spiro atoms. The Hall–Kier alpha value is -3.49. The van der Waals surface area contributed by atoms with Crippen molar-refractivity contribution in [2.24, 2.45) is 0 Å². The summed E-state index contributed by atoms with van der Waals surface area (Å²) in [5.74, 6) is -0.443. The molecule has 0 saturated carbocycles. The maximum Gasteiger partial charge on any atom is 0.410 e. The van der Waals surface area contributed by atoms with Crippen LogP contribution in [0.25, 0.3) is 0 Å². The van der Waals surface area contributed by atoms with Crippen molar-refractivity contribution in [2.45, 2.75) is 46.6 Å². The Morgan fingerprint density at radius 3 is 2.22 bits per heavy atom. The number of esters is 1. The first-order valence-electron chi connectivity index (χ1n) is 13.7. The Morgan fingerprint density at radius 1 is 1.00 bits per heavy atom. The molecular formula is C31H36Cl2N4O4. The SMILES string of the molecule is CCOC(=O)c1c(Nc2ccc(N3CCN(C(=O)OC(C)(C)C)CC3)cc2)cc(Cc2c(Cl)cccc2Cl)nc1C. The Balaban J connectivity index is 1.51. The van der Waals surface area contributed by atoms with Gasteiger partial charge in [-0.05, 0) is 82.6 Å². The molecular weight excluding hydrogens is 563 g/mol. The number of pyridine rings is 1. The van der Waals surface area contributed by atoms with E-state index < -0.39 is 11.6 Å². The first kappa shape index (κ1) is 30.5. The highest BCUT2D eigenvalue weighted by molar-refractivity contribution is 6.36. The van der Waals surface area contributed by atoms with Crippen molar-refractivity contribution in [1.29, 1.82) is 0 Å². The number of nitrogens with zero attached hydrogens (tertiary/aromatic N) is 3. The fourth-order valence-corrected chi connectivity index (χ4v) is 5.19. The number of aryl methyl sites for hydroxylation is 1. The van der Waals surface area contributed by atoms with E-state index in [1.807, 2.05) is 51.1 Å². The Labute approximate surface area is 251 Å². The maximum atomic E-state index is 12.9. The predicted molar refractivity (Wildman–Crippen MR) is 164 cm³/mol. The fourth-order valence-electron chi connectivity index (χ4n) is 4.65. The lowest BCUT2D eigenvalue weighted by molar-refractivity contribution is 0.0240. The van der Waals surface area contributed by atoms with Gasteiger partial charge in [0, 0.05) is 59.7 Å². The predicted octanol–water partition coefficient (Wildman–Crippen LogP) is 7.27. The first-order chi connectivity index (χ1) is 19.4. The highest BCUT2D eigenvalue weighted by Crippen LogP contribution is 2.31. The molecule has 1 amide bonds. The molecule has 1 aliphatic heterocycles. The smallest absolute Gasteiger partial charge is 0.410 e. The summed E-state index contributed by atoms with van der Waals surface area (Å²) < 4.78 is 10.8. The second-order valence-electron chi connectivity index (χ2n) is 10.8. The largest absolute Gasteiger partial charge is 0.462 e. The van der Waals surface area contributed by atoms with E-state index in [1.165, 1.54) is 0 Å². The summed E-state index contributed by atoms with van der Waals surface area (Å²) in [6.45, 7) is 12.0. The zero-order chi connectivity index (χ0) is 29.7. The van der Waals surface area contributed by atoms with Gasteiger partial charge in [0.05, 0.1) is 18.0 Å². The molecule has 1 aromatic heterocycles. The van der Waals surface area contributed by atoms with E-state index in [9.17, 15) is 9.59 Å². The van der Waals surface area contributed by atoms with Crippen molar-refractivity contribution >= 4 is 52.3 Å². The molecule has 0 bridgehead atoms. The van der Waals surface area contributed by atoms with E-state index in [-0.39, 0.29) is 12.7 Å². The van der Waals surface area contributed by atoms with Crippen molar-refractivity contribution < 1.29 is 19.1 Å². The first-order valence-corrected chi connectivity index (χ1v) is 14.4. The van der Waals surface area contributed by atoms with E-state index in [0.717, 1.165) is 16.9 Å². The van der Waals surface area contributed by atoms with Gasteiger partial charge in [-0.25, -0.2) is 9.59 Å². The van der Waals surface area contributed by atoms with Crippen molar-refractivity contribution in [3.8, 4) is 0 Å². The molecule has 0 radical (unpaired) electrons. The van der Waals surface area contributed by atoms with Crippen LogP contribution in [0.4, 0.5) is 21.9 Å². The molecule has 10 heteroatoms. The molecule has 1 N–H and O–H groups in total. The quantitative estimate of drug-likeness (QED) is 0.286. The van der Waals surface area contributed by atoms with Gasteiger partial charge in [0.2, 0.25) is 0 Å². The van der Waals surface area contributed by atoms with Gasteiger partial charge in [-0.3, -0.25) is 4.98 Å². The lowest BCUT2D eigenvalue weighted by atomic mass is 10.0. The molecule has 41 heavy (non-hydrogen) atoms. The van der Waals surface area contributed by atoms with Gasteiger partial charge < -0.3 is 24.6 Å². The number of hydrogen-bond donors (Lipinski definition) is 1. The number of rotatable bonds is 7. The number of carbonyl (C=O) groups excluding carboxylic acids is 2. The molecule has 4 rings (SSSR count). The summed E-state index contributed by atoms with van der Waals surface area (Å²) in [6, 6.07) is 15.2. The van der Waals surface area contributed by atoms with Gasteiger partial charge in [0.25, 0.3) is 0 Å². The molecule has 218 valence electrons. The number of hydrogen-bond acceptors (Lipinski definition) is 7. The summed E-state index contributed by atoms with van der Waals surface area (Å²) in [5, 5.41) is 4.50. The van der Waals surface area contributed by atoms with E-state index in [0.29, 0.717) is 65.3 Å². The fraction of sp³-hybridized carbons (Fsp3) is 0.387. The Kier molecular flexibility index (Phi) is 9.66. The lowest BCUT2D eigenvalue weighted by Gasteiger charge is -2.36. The Morgan fingerprint density at radius 2 is 1.63 bits per heavy atom. The highest BCUT2D eigenvalue weighted by atomic mass is 35.5. The second-order valence-corrected chi connectivity index (χ2v) is 11.7. The van der Waals surface area contributed by atoms with Crippen LogP contribution in [-0.4, -0.2) is 60.3 Å². The number of nitrogens with one attached hydrogen (secondary N) is 1. The van der Waals surface area contributed by atoms with Crippen LogP contribution in [0.2, 0.25) is 10.0 Å². The zero-order valence-corrected chi connectivity index (χ0v) is 25.6. The minimum absolute atomic E-state index is 0.255. The van der Waals surface area contributed by atoms with Crippen LogP contribution in [0, 0.1) is 6.92 Å². The van der Waals surface area contributed by atoms with Gasteiger partial charge in [-0.2, -0.15) is 0 Å². The molecule has 0 unspecified atom stereocenters. The van der Waals surface area contributed by atoms with Gasteiger partial charge >= 0.3 is 12.1 Å².